The lowest BCUT2D eigenvalue weighted by Gasteiger charge is -2.08. The van der Waals surface area contributed by atoms with Crippen molar-refractivity contribution < 1.29 is 9.59 Å². The summed E-state index contributed by atoms with van der Waals surface area (Å²) in [5, 5.41) is 9.92. The van der Waals surface area contributed by atoms with Gasteiger partial charge >= 0.3 is 0 Å². The average molecular weight is 391 g/mol. The zero-order chi connectivity index (χ0) is 19.8. The molecule has 1 aromatic carbocycles. The first-order valence-electron chi connectivity index (χ1n) is 8.61. The molecule has 3 aromatic heterocycles. The molecule has 3 heterocycles. The van der Waals surface area contributed by atoms with Crippen LogP contribution in [0, 0.1) is 6.92 Å². The number of Topliss-reactive ketones (excluding diaryl/α,β-unsaturated/α-hetero) is 1. The summed E-state index contributed by atoms with van der Waals surface area (Å²) in [7, 11) is 1.80. The van der Waals surface area contributed by atoms with Crippen molar-refractivity contribution in [1.82, 2.24) is 19.7 Å². The van der Waals surface area contributed by atoms with Gasteiger partial charge in [0, 0.05) is 24.9 Å². The van der Waals surface area contributed by atoms with Gasteiger partial charge in [-0.15, -0.1) is 11.3 Å². The van der Waals surface area contributed by atoms with Crippen LogP contribution in [0.4, 0.5) is 5.13 Å². The van der Waals surface area contributed by atoms with Gasteiger partial charge in [-0.2, -0.15) is 5.10 Å². The van der Waals surface area contributed by atoms with Gasteiger partial charge in [-0.1, -0.05) is 30.3 Å². The summed E-state index contributed by atoms with van der Waals surface area (Å²) in [5.74, 6) is -0.456. The van der Waals surface area contributed by atoms with E-state index in [1.165, 1.54) is 18.3 Å². The van der Waals surface area contributed by atoms with Crippen LogP contribution in [0.1, 0.15) is 33.5 Å². The van der Waals surface area contributed by atoms with E-state index in [2.05, 4.69) is 15.4 Å². The molecule has 0 radical (unpaired) electrons. The molecule has 0 saturated carbocycles. The minimum atomic E-state index is -0.315. The Bertz CT molecular complexity index is 1210. The molecular weight excluding hydrogens is 374 g/mol. The highest BCUT2D eigenvalue weighted by Crippen LogP contribution is 2.28. The summed E-state index contributed by atoms with van der Waals surface area (Å²) >= 11 is 1.22. The third kappa shape index (κ3) is 3.18. The normalized spacial score (nSPS) is 11.0. The van der Waals surface area contributed by atoms with Gasteiger partial charge < -0.3 is 0 Å². The van der Waals surface area contributed by atoms with E-state index in [4.69, 9.17) is 4.98 Å². The second kappa shape index (κ2) is 6.97. The van der Waals surface area contributed by atoms with Gasteiger partial charge in [0.25, 0.3) is 5.91 Å². The summed E-state index contributed by atoms with van der Waals surface area (Å²) in [6.45, 7) is 3.29. The van der Waals surface area contributed by atoms with Crippen LogP contribution in [-0.4, -0.2) is 31.4 Å². The van der Waals surface area contributed by atoms with E-state index in [-0.39, 0.29) is 11.7 Å². The molecule has 7 nitrogen and oxygen atoms in total. The van der Waals surface area contributed by atoms with Gasteiger partial charge in [-0.3, -0.25) is 19.6 Å². The van der Waals surface area contributed by atoms with Crippen molar-refractivity contribution in [2.75, 3.05) is 5.32 Å². The first kappa shape index (κ1) is 18.0. The Labute approximate surface area is 165 Å². The average Bonchev–Trinajstić information content (AvgIpc) is 3.26. The van der Waals surface area contributed by atoms with Crippen molar-refractivity contribution >= 4 is 39.2 Å². The minimum Gasteiger partial charge on any atom is -0.298 e. The largest absolute Gasteiger partial charge is 0.298 e. The molecule has 28 heavy (non-hydrogen) atoms. The first-order chi connectivity index (χ1) is 13.4. The summed E-state index contributed by atoms with van der Waals surface area (Å²) in [6, 6.07) is 11.4. The number of thiazole rings is 1. The van der Waals surface area contributed by atoms with E-state index in [0.29, 0.717) is 33.1 Å². The number of rotatable bonds is 4. The molecule has 0 spiro atoms. The fourth-order valence-corrected chi connectivity index (χ4v) is 3.78. The number of fused-ring (bicyclic) bond motifs is 1. The lowest BCUT2D eigenvalue weighted by Crippen LogP contribution is -2.13. The molecule has 1 N–H and O–H groups in total. The standard InChI is InChI=1S/C20H17N5O2S/c1-11-17-14(19(27)23-20-22-16(10-28-20)12(2)26)9-15(13-7-5-4-6-8-13)21-18(17)25(3)24-11/h4-10H,1-3H3,(H,22,23,27). The number of carbonyl (C=O) groups is 2. The van der Waals surface area contributed by atoms with Crippen molar-refractivity contribution in [3.05, 3.63) is 58.7 Å². The van der Waals surface area contributed by atoms with E-state index < -0.39 is 0 Å². The van der Waals surface area contributed by atoms with Crippen LogP contribution in [0.5, 0.6) is 0 Å². The lowest BCUT2D eigenvalue weighted by molar-refractivity contribution is 0.100. The van der Waals surface area contributed by atoms with Crippen LogP contribution >= 0.6 is 11.3 Å². The van der Waals surface area contributed by atoms with Crippen molar-refractivity contribution in [3.8, 4) is 11.3 Å². The van der Waals surface area contributed by atoms with Crippen molar-refractivity contribution in [1.29, 1.82) is 0 Å². The Hall–Kier alpha value is -3.39. The number of aryl methyl sites for hydroxylation is 2. The van der Waals surface area contributed by atoms with E-state index in [1.807, 2.05) is 37.3 Å². The number of ketones is 1. The maximum atomic E-state index is 13.1. The van der Waals surface area contributed by atoms with Crippen LogP contribution in [0.2, 0.25) is 0 Å². The number of nitrogens with one attached hydrogen (secondary N) is 1. The zero-order valence-corrected chi connectivity index (χ0v) is 16.4. The molecule has 140 valence electrons. The fourth-order valence-electron chi connectivity index (χ4n) is 3.04. The Morgan fingerprint density at radius 1 is 1.14 bits per heavy atom. The highest BCUT2D eigenvalue weighted by molar-refractivity contribution is 7.14. The van der Waals surface area contributed by atoms with Gasteiger partial charge in [0.15, 0.2) is 16.6 Å². The van der Waals surface area contributed by atoms with E-state index in [9.17, 15) is 9.59 Å². The monoisotopic (exact) mass is 391 g/mol. The Morgan fingerprint density at radius 2 is 1.89 bits per heavy atom. The van der Waals surface area contributed by atoms with Crippen LogP contribution in [-0.2, 0) is 7.05 Å². The zero-order valence-electron chi connectivity index (χ0n) is 15.6. The Balaban J connectivity index is 1.82. The SMILES string of the molecule is CC(=O)c1csc(NC(=O)c2cc(-c3ccccc3)nc3c2c(C)nn3C)n1. The molecule has 1 amide bonds. The van der Waals surface area contributed by atoms with Gasteiger partial charge in [-0.05, 0) is 13.0 Å². The summed E-state index contributed by atoms with van der Waals surface area (Å²) < 4.78 is 1.67. The third-order valence-corrected chi connectivity index (χ3v) is 5.13. The van der Waals surface area contributed by atoms with Gasteiger partial charge in [0.05, 0.1) is 22.3 Å². The molecule has 0 fully saturated rings. The summed E-state index contributed by atoms with van der Waals surface area (Å²) in [4.78, 5) is 33.4. The molecule has 0 unspecified atom stereocenters. The maximum absolute atomic E-state index is 13.1. The third-order valence-electron chi connectivity index (χ3n) is 4.37. The van der Waals surface area contributed by atoms with Crippen LogP contribution < -0.4 is 5.32 Å². The summed E-state index contributed by atoms with van der Waals surface area (Å²) in [5.41, 5.74) is 3.75. The summed E-state index contributed by atoms with van der Waals surface area (Å²) in [6.07, 6.45) is 0. The number of pyridine rings is 1. The van der Waals surface area contributed by atoms with Crippen molar-refractivity contribution in [3.63, 3.8) is 0 Å². The lowest BCUT2D eigenvalue weighted by atomic mass is 10.1. The highest BCUT2D eigenvalue weighted by atomic mass is 32.1. The fraction of sp³-hybridized carbons (Fsp3) is 0.150. The number of hydrogen-bond donors (Lipinski definition) is 1. The second-order valence-corrected chi connectivity index (χ2v) is 7.24. The number of carbonyl (C=O) groups excluding carboxylic acids is 2. The Kier molecular flexibility index (Phi) is 4.48. The highest BCUT2D eigenvalue weighted by Gasteiger charge is 2.20. The predicted octanol–water partition coefficient (Wildman–Crippen LogP) is 3.86. The van der Waals surface area contributed by atoms with Crippen molar-refractivity contribution in [2.45, 2.75) is 13.8 Å². The number of hydrogen-bond acceptors (Lipinski definition) is 6. The van der Waals surface area contributed by atoms with E-state index in [0.717, 1.165) is 11.3 Å². The molecule has 8 heteroatoms. The van der Waals surface area contributed by atoms with Crippen LogP contribution in [0.3, 0.4) is 0 Å². The minimum absolute atomic E-state index is 0.141. The molecule has 4 rings (SSSR count). The van der Waals surface area contributed by atoms with Gasteiger partial charge in [0.2, 0.25) is 0 Å². The maximum Gasteiger partial charge on any atom is 0.258 e. The quantitative estimate of drug-likeness (QED) is 0.534. The number of benzene rings is 1. The van der Waals surface area contributed by atoms with Gasteiger partial charge in [-0.25, -0.2) is 9.97 Å². The van der Waals surface area contributed by atoms with Crippen molar-refractivity contribution in [2.24, 2.45) is 7.05 Å². The molecular formula is C20H17N5O2S. The molecule has 0 aliphatic rings. The first-order valence-corrected chi connectivity index (χ1v) is 9.49. The molecule has 0 atom stereocenters. The molecule has 4 aromatic rings. The molecule has 0 bridgehead atoms. The molecule has 0 aliphatic heterocycles. The number of amides is 1. The Morgan fingerprint density at radius 3 is 2.57 bits per heavy atom. The predicted molar refractivity (Wildman–Crippen MR) is 109 cm³/mol. The number of anilines is 1. The number of aromatic nitrogens is 4. The van der Waals surface area contributed by atoms with Crippen LogP contribution in [0.15, 0.2) is 41.8 Å². The topological polar surface area (TPSA) is 89.8 Å². The smallest absolute Gasteiger partial charge is 0.258 e. The molecule has 0 aliphatic carbocycles. The molecule has 0 saturated heterocycles. The number of nitrogens with zero attached hydrogens (tertiary/aromatic N) is 4. The van der Waals surface area contributed by atoms with Crippen LogP contribution in [0.25, 0.3) is 22.3 Å². The second-order valence-electron chi connectivity index (χ2n) is 6.38. The van der Waals surface area contributed by atoms with Gasteiger partial charge in [0.1, 0.15) is 5.69 Å². The van der Waals surface area contributed by atoms with E-state index in [1.54, 1.807) is 23.2 Å². The van der Waals surface area contributed by atoms with E-state index >= 15 is 0 Å².